The second-order valence-corrected chi connectivity index (χ2v) is 6.72. The molecule has 0 radical (unpaired) electrons. The van der Waals surface area contributed by atoms with Crippen LogP contribution in [0.2, 0.25) is 0 Å². The predicted octanol–water partition coefficient (Wildman–Crippen LogP) is 4.45. The van der Waals surface area contributed by atoms with E-state index in [2.05, 4.69) is 15.3 Å². The fourth-order valence-electron chi connectivity index (χ4n) is 3.70. The van der Waals surface area contributed by atoms with E-state index in [4.69, 9.17) is 4.74 Å². The largest absolute Gasteiger partial charge is 0.496 e. The third-order valence-corrected chi connectivity index (χ3v) is 4.92. The Morgan fingerprint density at radius 2 is 1.74 bits per heavy atom. The van der Waals surface area contributed by atoms with E-state index in [0.29, 0.717) is 24.4 Å². The standard InChI is InChI=1S/C22H21N3O2/c1-14-21-18(25-22(23-14)24-16-8-4-3-5-9-16)12-15(13-19(21)26)17-10-6-7-11-20(17)27-2/h3-11,15H,12-13H2,1-2H3,(H,23,24,25). The number of ether oxygens (including phenoxy) is 1. The van der Waals surface area contributed by atoms with Crippen molar-refractivity contribution in [3.8, 4) is 5.75 Å². The number of aromatic nitrogens is 2. The Balaban J connectivity index is 1.69. The van der Waals surface area contributed by atoms with E-state index < -0.39 is 0 Å². The van der Waals surface area contributed by atoms with Crippen molar-refractivity contribution in [1.29, 1.82) is 0 Å². The highest BCUT2D eigenvalue weighted by atomic mass is 16.5. The number of methoxy groups -OCH3 is 1. The Kier molecular flexibility index (Phi) is 4.59. The summed E-state index contributed by atoms with van der Waals surface area (Å²) < 4.78 is 5.49. The molecule has 1 aliphatic rings. The summed E-state index contributed by atoms with van der Waals surface area (Å²) >= 11 is 0. The van der Waals surface area contributed by atoms with Gasteiger partial charge in [-0.25, -0.2) is 9.97 Å². The Labute approximate surface area is 158 Å². The molecule has 4 rings (SSSR count). The molecule has 0 spiro atoms. The van der Waals surface area contributed by atoms with Crippen LogP contribution < -0.4 is 10.1 Å². The second-order valence-electron chi connectivity index (χ2n) is 6.72. The van der Waals surface area contributed by atoms with Crippen LogP contribution >= 0.6 is 0 Å². The first-order valence-corrected chi connectivity index (χ1v) is 9.01. The molecule has 1 N–H and O–H groups in total. The Hall–Kier alpha value is -3.21. The lowest BCUT2D eigenvalue weighted by Gasteiger charge is -2.25. The number of fused-ring (bicyclic) bond motifs is 1. The quantitative estimate of drug-likeness (QED) is 0.745. The fourth-order valence-corrected chi connectivity index (χ4v) is 3.70. The zero-order valence-electron chi connectivity index (χ0n) is 15.4. The van der Waals surface area contributed by atoms with Crippen molar-refractivity contribution in [2.24, 2.45) is 0 Å². The summed E-state index contributed by atoms with van der Waals surface area (Å²) in [4.78, 5) is 22.0. The first kappa shape index (κ1) is 17.2. The van der Waals surface area contributed by atoms with Crippen LogP contribution in [0.4, 0.5) is 11.6 Å². The van der Waals surface area contributed by atoms with Crippen LogP contribution in [0.1, 0.15) is 39.6 Å². The number of nitrogens with one attached hydrogen (secondary N) is 1. The van der Waals surface area contributed by atoms with Gasteiger partial charge in [-0.2, -0.15) is 0 Å². The maximum atomic E-state index is 12.8. The van der Waals surface area contributed by atoms with E-state index in [1.54, 1.807) is 7.11 Å². The molecule has 0 amide bonds. The van der Waals surface area contributed by atoms with Crippen molar-refractivity contribution in [3.63, 3.8) is 0 Å². The van der Waals surface area contributed by atoms with Crippen LogP contribution in [0.3, 0.4) is 0 Å². The van der Waals surface area contributed by atoms with Crippen LogP contribution in [-0.4, -0.2) is 22.9 Å². The van der Waals surface area contributed by atoms with Crippen LogP contribution in [0, 0.1) is 6.92 Å². The third kappa shape index (κ3) is 3.40. The van der Waals surface area contributed by atoms with Crippen molar-refractivity contribution in [1.82, 2.24) is 9.97 Å². The van der Waals surface area contributed by atoms with E-state index in [1.165, 1.54) is 0 Å². The lowest BCUT2D eigenvalue weighted by molar-refractivity contribution is 0.0961. The molecular weight excluding hydrogens is 338 g/mol. The summed E-state index contributed by atoms with van der Waals surface area (Å²) in [5.41, 5.74) is 4.16. The van der Waals surface area contributed by atoms with Gasteiger partial charge in [0.05, 0.1) is 24.1 Å². The molecule has 0 fully saturated rings. The number of benzene rings is 2. The molecule has 0 saturated carbocycles. The minimum atomic E-state index is 0.0556. The SMILES string of the molecule is COc1ccccc1C1CC(=O)c2c(C)nc(Nc3ccccc3)nc2C1. The molecule has 0 saturated heterocycles. The van der Waals surface area contributed by atoms with Gasteiger partial charge in [0.15, 0.2) is 5.78 Å². The molecular formula is C22H21N3O2. The van der Waals surface area contributed by atoms with Crippen molar-refractivity contribution in [2.45, 2.75) is 25.7 Å². The molecule has 0 bridgehead atoms. The maximum Gasteiger partial charge on any atom is 0.227 e. The fraction of sp³-hybridized carbons (Fsp3) is 0.227. The zero-order valence-corrected chi connectivity index (χ0v) is 15.4. The first-order valence-electron chi connectivity index (χ1n) is 9.01. The minimum Gasteiger partial charge on any atom is -0.496 e. The van der Waals surface area contributed by atoms with Crippen molar-refractivity contribution in [3.05, 3.63) is 77.1 Å². The number of aryl methyl sites for hydroxylation is 1. The monoisotopic (exact) mass is 359 g/mol. The van der Waals surface area contributed by atoms with Gasteiger partial charge in [-0.05, 0) is 37.1 Å². The maximum absolute atomic E-state index is 12.8. The van der Waals surface area contributed by atoms with E-state index in [9.17, 15) is 4.79 Å². The average Bonchev–Trinajstić information content (AvgIpc) is 2.68. The summed E-state index contributed by atoms with van der Waals surface area (Å²) in [6, 6.07) is 17.7. The highest BCUT2D eigenvalue weighted by Gasteiger charge is 2.31. The average molecular weight is 359 g/mol. The second kappa shape index (κ2) is 7.19. The van der Waals surface area contributed by atoms with Crippen molar-refractivity contribution >= 4 is 17.4 Å². The van der Waals surface area contributed by atoms with Gasteiger partial charge in [0.1, 0.15) is 5.75 Å². The zero-order chi connectivity index (χ0) is 18.8. The molecule has 2 aromatic carbocycles. The van der Waals surface area contributed by atoms with Gasteiger partial charge >= 0.3 is 0 Å². The molecule has 1 unspecified atom stereocenters. The number of ketones is 1. The molecule has 3 aromatic rings. The summed E-state index contributed by atoms with van der Waals surface area (Å²) in [7, 11) is 1.66. The van der Waals surface area contributed by atoms with Crippen molar-refractivity contribution in [2.75, 3.05) is 12.4 Å². The number of carbonyl (C=O) groups is 1. The van der Waals surface area contributed by atoms with E-state index in [-0.39, 0.29) is 11.7 Å². The molecule has 1 heterocycles. The number of anilines is 2. The van der Waals surface area contributed by atoms with E-state index in [1.807, 2.05) is 61.5 Å². The Bertz CT molecular complexity index is 986. The lowest BCUT2D eigenvalue weighted by atomic mass is 9.81. The van der Waals surface area contributed by atoms with Gasteiger partial charge in [0.2, 0.25) is 5.95 Å². The number of rotatable bonds is 4. The summed E-state index contributed by atoms with van der Waals surface area (Å²) in [5.74, 6) is 1.48. The summed E-state index contributed by atoms with van der Waals surface area (Å²) in [6.45, 7) is 1.87. The third-order valence-electron chi connectivity index (χ3n) is 4.92. The molecule has 1 aliphatic carbocycles. The summed E-state index contributed by atoms with van der Waals surface area (Å²) in [5, 5.41) is 3.23. The summed E-state index contributed by atoms with van der Waals surface area (Å²) in [6.07, 6.45) is 1.14. The number of para-hydroxylation sites is 2. The van der Waals surface area contributed by atoms with Crippen LogP contribution in [0.25, 0.3) is 0 Å². The predicted molar refractivity (Wildman–Crippen MR) is 105 cm³/mol. The molecule has 5 nitrogen and oxygen atoms in total. The smallest absolute Gasteiger partial charge is 0.227 e. The van der Waals surface area contributed by atoms with Crippen LogP contribution in [0.15, 0.2) is 54.6 Å². The topological polar surface area (TPSA) is 64.1 Å². The molecule has 136 valence electrons. The molecule has 5 heteroatoms. The van der Waals surface area contributed by atoms with E-state index >= 15 is 0 Å². The lowest BCUT2D eigenvalue weighted by Crippen LogP contribution is -2.23. The van der Waals surface area contributed by atoms with Gasteiger partial charge in [-0.3, -0.25) is 4.79 Å². The minimum absolute atomic E-state index is 0.0556. The highest BCUT2D eigenvalue weighted by Crippen LogP contribution is 2.37. The normalized spacial score (nSPS) is 15.9. The van der Waals surface area contributed by atoms with Gasteiger partial charge in [-0.15, -0.1) is 0 Å². The number of hydrogen-bond acceptors (Lipinski definition) is 5. The highest BCUT2D eigenvalue weighted by molar-refractivity contribution is 5.99. The Morgan fingerprint density at radius 3 is 2.52 bits per heavy atom. The molecule has 0 aliphatic heterocycles. The van der Waals surface area contributed by atoms with Crippen molar-refractivity contribution < 1.29 is 9.53 Å². The molecule has 1 atom stereocenters. The first-order chi connectivity index (χ1) is 13.2. The Morgan fingerprint density at radius 1 is 1.00 bits per heavy atom. The van der Waals surface area contributed by atoms with Gasteiger partial charge in [-0.1, -0.05) is 36.4 Å². The number of Topliss-reactive ketones (excluding diaryl/α,β-unsaturated/α-hetero) is 1. The van der Waals surface area contributed by atoms with Crippen LogP contribution in [-0.2, 0) is 6.42 Å². The molecule has 1 aromatic heterocycles. The van der Waals surface area contributed by atoms with E-state index in [0.717, 1.165) is 28.4 Å². The number of hydrogen-bond donors (Lipinski definition) is 1. The number of carbonyl (C=O) groups excluding carboxylic acids is 1. The van der Waals surface area contributed by atoms with Gasteiger partial charge < -0.3 is 10.1 Å². The van der Waals surface area contributed by atoms with Crippen LogP contribution in [0.5, 0.6) is 5.75 Å². The molecule has 27 heavy (non-hydrogen) atoms. The van der Waals surface area contributed by atoms with Gasteiger partial charge in [0.25, 0.3) is 0 Å². The van der Waals surface area contributed by atoms with Gasteiger partial charge in [0, 0.05) is 18.0 Å². The number of nitrogens with zero attached hydrogens (tertiary/aromatic N) is 2.